The molecule has 0 aliphatic heterocycles. The number of hydrazine groups is 1. The molecule has 4 N–H and O–H groups in total. The number of benzene rings is 2. The first-order valence-corrected chi connectivity index (χ1v) is 9.25. The molecule has 2 aromatic rings. The molecule has 0 spiro atoms. The van der Waals surface area contributed by atoms with Crippen LogP contribution < -0.4 is 21.5 Å². The maximum atomic E-state index is 12.6. The summed E-state index contributed by atoms with van der Waals surface area (Å²) in [4.78, 5) is 26.5. The first-order chi connectivity index (χ1) is 13.4. The van der Waals surface area contributed by atoms with Crippen LogP contribution in [-0.2, 0) is 16.0 Å². The van der Waals surface area contributed by atoms with Crippen LogP contribution in [0.2, 0.25) is 0 Å². The first kappa shape index (κ1) is 21.3. The van der Waals surface area contributed by atoms with Gasteiger partial charge < -0.3 is 15.5 Å². The average molecular weight is 400 g/mol. The molecule has 7 nitrogen and oxygen atoms in total. The van der Waals surface area contributed by atoms with Crippen molar-refractivity contribution in [1.82, 2.24) is 21.1 Å². The predicted molar refractivity (Wildman–Crippen MR) is 115 cm³/mol. The second-order valence-corrected chi connectivity index (χ2v) is 6.89. The van der Waals surface area contributed by atoms with Crippen LogP contribution in [0.5, 0.6) is 0 Å². The highest BCUT2D eigenvalue weighted by atomic mass is 32.1. The molecule has 8 heteroatoms. The largest absolute Gasteiger partial charge is 0.343 e. The zero-order chi connectivity index (χ0) is 20.4. The summed E-state index contributed by atoms with van der Waals surface area (Å²) >= 11 is 5.18. The van der Waals surface area contributed by atoms with Crippen molar-refractivity contribution in [2.45, 2.75) is 12.5 Å². The van der Waals surface area contributed by atoms with Crippen molar-refractivity contribution in [1.29, 1.82) is 0 Å². The minimum atomic E-state index is -0.734. The van der Waals surface area contributed by atoms with Gasteiger partial charge in [-0.15, -0.1) is 0 Å². The van der Waals surface area contributed by atoms with E-state index in [9.17, 15) is 9.59 Å². The van der Waals surface area contributed by atoms with Gasteiger partial charge in [-0.2, -0.15) is 0 Å². The van der Waals surface area contributed by atoms with Crippen LogP contribution in [0.1, 0.15) is 5.56 Å². The van der Waals surface area contributed by atoms with E-state index in [-0.39, 0.29) is 23.5 Å². The maximum absolute atomic E-state index is 12.6. The number of carbonyl (C=O) groups is 2. The van der Waals surface area contributed by atoms with Gasteiger partial charge in [-0.1, -0.05) is 48.5 Å². The van der Waals surface area contributed by atoms with Crippen molar-refractivity contribution in [2.24, 2.45) is 0 Å². The first-order valence-electron chi connectivity index (χ1n) is 8.84. The van der Waals surface area contributed by atoms with Crippen molar-refractivity contribution < 1.29 is 9.59 Å². The molecule has 148 valence electrons. The third kappa shape index (κ3) is 7.73. The minimum absolute atomic E-state index is 0.194. The monoisotopic (exact) mass is 399 g/mol. The van der Waals surface area contributed by atoms with Gasteiger partial charge in [0, 0.05) is 12.1 Å². The zero-order valence-corrected chi connectivity index (χ0v) is 16.8. The molecule has 0 saturated carbocycles. The Bertz CT molecular complexity index is 784. The van der Waals surface area contributed by atoms with Crippen LogP contribution in [0.25, 0.3) is 0 Å². The van der Waals surface area contributed by atoms with Crippen LogP contribution >= 0.6 is 12.2 Å². The summed E-state index contributed by atoms with van der Waals surface area (Å²) in [6.07, 6.45) is 0.367. The fraction of sp³-hybridized carbons (Fsp3) is 0.250. The Morgan fingerprint density at radius 2 is 1.57 bits per heavy atom. The Kier molecular flexibility index (Phi) is 8.38. The van der Waals surface area contributed by atoms with E-state index < -0.39 is 6.04 Å². The Morgan fingerprint density at radius 3 is 2.18 bits per heavy atom. The minimum Gasteiger partial charge on any atom is -0.343 e. The van der Waals surface area contributed by atoms with Gasteiger partial charge in [0.2, 0.25) is 5.91 Å². The second kappa shape index (κ2) is 11.0. The molecular weight excluding hydrogens is 374 g/mol. The smallest absolute Gasteiger partial charge is 0.261 e. The van der Waals surface area contributed by atoms with Crippen LogP contribution in [0.4, 0.5) is 5.69 Å². The van der Waals surface area contributed by atoms with Crippen molar-refractivity contribution in [3.8, 4) is 0 Å². The summed E-state index contributed by atoms with van der Waals surface area (Å²) in [6, 6.07) is 18.1. The van der Waals surface area contributed by atoms with Gasteiger partial charge in [-0.05, 0) is 44.0 Å². The van der Waals surface area contributed by atoms with E-state index in [2.05, 4.69) is 21.5 Å². The summed E-state index contributed by atoms with van der Waals surface area (Å²) in [5, 5.41) is 5.99. The highest BCUT2D eigenvalue weighted by molar-refractivity contribution is 7.80. The average Bonchev–Trinajstić information content (AvgIpc) is 2.66. The lowest BCUT2D eigenvalue weighted by molar-refractivity contribution is -0.129. The number of rotatable bonds is 7. The van der Waals surface area contributed by atoms with Gasteiger partial charge in [0.25, 0.3) is 5.91 Å². The standard InChI is InChI=1S/C20H25N5O2S/c1-25(2)14-18(26)22-17(13-15-9-5-3-6-10-15)19(27)23-24-20(28)21-16-11-7-4-8-12-16/h3-12,17H,13-14H2,1-2H3,(H,22,26)(H,23,27)(H2,21,24,28)/t17-/m0/s1. The number of likely N-dealkylation sites (N-methyl/N-ethyl adjacent to an activating group) is 1. The molecular formula is C20H25N5O2S. The number of thiocarbonyl (C=S) groups is 1. The molecule has 2 aromatic carbocycles. The molecule has 0 saturated heterocycles. The van der Waals surface area contributed by atoms with E-state index in [1.54, 1.807) is 19.0 Å². The molecule has 0 aliphatic rings. The molecule has 2 rings (SSSR count). The Hall–Kier alpha value is -2.97. The van der Waals surface area contributed by atoms with Crippen molar-refractivity contribution in [3.05, 3.63) is 66.2 Å². The van der Waals surface area contributed by atoms with E-state index in [0.717, 1.165) is 11.3 Å². The second-order valence-electron chi connectivity index (χ2n) is 6.48. The number of nitrogens with one attached hydrogen (secondary N) is 4. The lowest BCUT2D eigenvalue weighted by atomic mass is 10.1. The van der Waals surface area contributed by atoms with Gasteiger partial charge in [0.1, 0.15) is 6.04 Å². The molecule has 0 aromatic heterocycles. The molecule has 28 heavy (non-hydrogen) atoms. The van der Waals surface area contributed by atoms with E-state index >= 15 is 0 Å². The quantitative estimate of drug-likeness (QED) is 0.415. The Balaban J connectivity index is 1.95. The highest BCUT2D eigenvalue weighted by Gasteiger charge is 2.21. The number of para-hydroxylation sites is 1. The van der Waals surface area contributed by atoms with E-state index in [1.807, 2.05) is 60.7 Å². The van der Waals surface area contributed by atoms with Gasteiger partial charge in [-0.3, -0.25) is 20.4 Å². The molecule has 0 aliphatic carbocycles. The molecule has 0 heterocycles. The predicted octanol–water partition coefficient (Wildman–Crippen LogP) is 1.29. The maximum Gasteiger partial charge on any atom is 0.261 e. The number of nitrogens with zero attached hydrogens (tertiary/aromatic N) is 1. The molecule has 2 amide bonds. The fourth-order valence-corrected chi connectivity index (χ4v) is 2.64. The number of anilines is 1. The molecule has 0 bridgehead atoms. The molecule has 0 unspecified atom stereocenters. The lowest BCUT2D eigenvalue weighted by Gasteiger charge is -2.20. The zero-order valence-electron chi connectivity index (χ0n) is 15.9. The van der Waals surface area contributed by atoms with Crippen LogP contribution in [0.3, 0.4) is 0 Å². The number of hydrogen-bond donors (Lipinski definition) is 4. The normalized spacial score (nSPS) is 11.4. The summed E-state index contributed by atoms with van der Waals surface area (Å²) in [5.74, 6) is -0.612. The number of amides is 2. The van der Waals surface area contributed by atoms with Gasteiger partial charge >= 0.3 is 0 Å². The Labute approximate surface area is 170 Å². The van der Waals surface area contributed by atoms with Gasteiger partial charge in [-0.25, -0.2) is 0 Å². The van der Waals surface area contributed by atoms with E-state index in [1.165, 1.54) is 0 Å². The molecule has 0 radical (unpaired) electrons. The summed E-state index contributed by atoms with van der Waals surface area (Å²) < 4.78 is 0. The fourth-order valence-electron chi connectivity index (χ4n) is 2.48. The van der Waals surface area contributed by atoms with Crippen molar-refractivity contribution >= 4 is 34.8 Å². The van der Waals surface area contributed by atoms with E-state index in [0.29, 0.717) is 6.42 Å². The lowest BCUT2D eigenvalue weighted by Crippen LogP contribution is -2.54. The van der Waals surface area contributed by atoms with Crippen molar-refractivity contribution in [3.63, 3.8) is 0 Å². The third-order valence-corrected chi connectivity index (χ3v) is 3.93. The van der Waals surface area contributed by atoms with Gasteiger partial charge in [0.15, 0.2) is 5.11 Å². The van der Waals surface area contributed by atoms with E-state index in [4.69, 9.17) is 12.2 Å². The van der Waals surface area contributed by atoms with Crippen LogP contribution in [0, 0.1) is 0 Å². The summed E-state index contributed by atoms with van der Waals surface area (Å²) in [5.41, 5.74) is 6.97. The summed E-state index contributed by atoms with van der Waals surface area (Å²) in [6.45, 7) is 0.194. The molecule has 0 fully saturated rings. The highest BCUT2D eigenvalue weighted by Crippen LogP contribution is 2.05. The third-order valence-electron chi connectivity index (χ3n) is 3.73. The summed E-state index contributed by atoms with van der Waals surface area (Å²) in [7, 11) is 3.59. The van der Waals surface area contributed by atoms with Crippen molar-refractivity contribution in [2.75, 3.05) is 26.0 Å². The molecule has 1 atom stereocenters. The Morgan fingerprint density at radius 1 is 0.964 bits per heavy atom. The number of carbonyl (C=O) groups excluding carboxylic acids is 2. The van der Waals surface area contributed by atoms with Gasteiger partial charge in [0.05, 0.1) is 6.54 Å². The van der Waals surface area contributed by atoms with Crippen LogP contribution in [0.15, 0.2) is 60.7 Å². The SMILES string of the molecule is CN(C)CC(=O)N[C@@H](Cc1ccccc1)C(=O)NNC(=S)Nc1ccccc1. The topological polar surface area (TPSA) is 85.5 Å². The van der Waals surface area contributed by atoms with Crippen LogP contribution in [-0.4, -0.2) is 48.5 Å². The number of hydrogen-bond acceptors (Lipinski definition) is 4.